The van der Waals surface area contributed by atoms with Gasteiger partial charge in [0.15, 0.2) is 5.78 Å². The van der Waals surface area contributed by atoms with Crippen LogP contribution in [0.1, 0.15) is 46.1 Å². The third kappa shape index (κ3) is 5.76. The van der Waals surface area contributed by atoms with E-state index in [2.05, 4.69) is 10.3 Å². The van der Waals surface area contributed by atoms with Gasteiger partial charge in [-0.1, -0.05) is 45.9 Å². The number of carboxylic acid groups (broad SMARTS) is 1. The van der Waals surface area contributed by atoms with E-state index in [1.54, 1.807) is 13.8 Å². The van der Waals surface area contributed by atoms with E-state index in [4.69, 9.17) is 5.11 Å². The Hall–Kier alpha value is -2.47. The second-order valence-corrected chi connectivity index (χ2v) is 7.96. The van der Waals surface area contributed by atoms with E-state index in [9.17, 15) is 14.4 Å². The third-order valence-electron chi connectivity index (χ3n) is 4.86. The Bertz CT molecular complexity index is 838. The van der Waals surface area contributed by atoms with E-state index in [1.807, 2.05) is 44.3 Å². The van der Waals surface area contributed by atoms with Crippen molar-refractivity contribution >= 4 is 28.4 Å². The standard InChI is InChI=1S/C22H30N2O4/c1-13(2)22(28)15(11-21(26)27)10-20(25)19(24-14(3)4)9-16-12-23-18-8-6-5-7-17(16)18/h5-8,12-15,19,23-24H,9-11H2,1-4H3,(H,26,27)/t15-,19+/m0/s1. The lowest BCUT2D eigenvalue weighted by atomic mass is 9.86. The highest BCUT2D eigenvalue weighted by molar-refractivity contribution is 5.93. The normalized spacial score (nSPS) is 13.8. The van der Waals surface area contributed by atoms with Crippen LogP contribution in [0.5, 0.6) is 0 Å². The van der Waals surface area contributed by atoms with Crippen molar-refractivity contribution in [1.82, 2.24) is 10.3 Å². The Balaban J connectivity index is 2.21. The van der Waals surface area contributed by atoms with Gasteiger partial charge >= 0.3 is 5.97 Å². The number of benzene rings is 1. The summed E-state index contributed by atoms with van der Waals surface area (Å²) in [5, 5.41) is 13.5. The van der Waals surface area contributed by atoms with Crippen LogP contribution >= 0.6 is 0 Å². The van der Waals surface area contributed by atoms with E-state index in [0.717, 1.165) is 16.5 Å². The van der Waals surface area contributed by atoms with Crippen LogP contribution in [0.25, 0.3) is 10.9 Å². The molecule has 6 heteroatoms. The molecule has 152 valence electrons. The van der Waals surface area contributed by atoms with E-state index in [0.29, 0.717) is 6.42 Å². The van der Waals surface area contributed by atoms with Crippen LogP contribution in [-0.4, -0.2) is 39.7 Å². The van der Waals surface area contributed by atoms with Crippen LogP contribution in [0.15, 0.2) is 30.5 Å². The van der Waals surface area contributed by atoms with Crippen LogP contribution in [0.2, 0.25) is 0 Å². The van der Waals surface area contributed by atoms with E-state index < -0.39 is 17.9 Å². The highest BCUT2D eigenvalue weighted by atomic mass is 16.4. The van der Waals surface area contributed by atoms with Crippen molar-refractivity contribution in [2.75, 3.05) is 0 Å². The minimum absolute atomic E-state index is 0.0595. The van der Waals surface area contributed by atoms with Crippen LogP contribution in [0.3, 0.4) is 0 Å². The van der Waals surface area contributed by atoms with Crippen LogP contribution in [0.4, 0.5) is 0 Å². The predicted octanol–water partition coefficient (Wildman–Crippen LogP) is 3.35. The first-order chi connectivity index (χ1) is 13.2. The molecule has 0 unspecified atom stereocenters. The number of carboxylic acids is 1. The summed E-state index contributed by atoms with van der Waals surface area (Å²) in [6.45, 7) is 7.39. The van der Waals surface area contributed by atoms with Gasteiger partial charge in [-0.15, -0.1) is 0 Å². The number of para-hydroxylation sites is 1. The number of H-pyrrole nitrogens is 1. The number of Topliss-reactive ketones (excluding diaryl/α,β-unsaturated/α-hetero) is 2. The maximum atomic E-state index is 13.0. The molecule has 6 nitrogen and oxygen atoms in total. The summed E-state index contributed by atoms with van der Waals surface area (Å²) >= 11 is 0. The van der Waals surface area contributed by atoms with E-state index in [-0.39, 0.29) is 36.4 Å². The van der Waals surface area contributed by atoms with Gasteiger partial charge in [-0.05, 0) is 18.1 Å². The fourth-order valence-corrected chi connectivity index (χ4v) is 3.53. The number of fused-ring (bicyclic) bond motifs is 1. The minimum Gasteiger partial charge on any atom is -0.481 e. The van der Waals surface area contributed by atoms with Crippen molar-refractivity contribution in [3.05, 3.63) is 36.0 Å². The molecule has 0 saturated heterocycles. The van der Waals surface area contributed by atoms with Gasteiger partial charge in [-0.2, -0.15) is 0 Å². The fraction of sp³-hybridized carbons (Fsp3) is 0.500. The molecule has 0 aliphatic rings. The summed E-state index contributed by atoms with van der Waals surface area (Å²) < 4.78 is 0. The number of ketones is 2. The molecule has 0 saturated carbocycles. The quantitative estimate of drug-likeness (QED) is 0.550. The molecule has 0 spiro atoms. The average Bonchev–Trinajstić information content (AvgIpc) is 3.02. The SMILES string of the molecule is CC(C)N[C@H](Cc1c[nH]c2ccccc12)C(=O)C[C@@H](CC(=O)O)C(=O)C(C)C. The molecule has 3 N–H and O–H groups in total. The summed E-state index contributed by atoms with van der Waals surface area (Å²) in [7, 11) is 0. The summed E-state index contributed by atoms with van der Waals surface area (Å²) in [5.41, 5.74) is 2.03. The molecule has 0 bridgehead atoms. The zero-order valence-corrected chi connectivity index (χ0v) is 17.0. The van der Waals surface area contributed by atoms with Crippen LogP contribution in [0, 0.1) is 11.8 Å². The predicted molar refractivity (Wildman–Crippen MR) is 109 cm³/mol. The highest BCUT2D eigenvalue weighted by Gasteiger charge is 2.30. The van der Waals surface area contributed by atoms with Crippen LogP contribution < -0.4 is 5.32 Å². The Morgan fingerprint density at radius 1 is 1.07 bits per heavy atom. The zero-order valence-electron chi connectivity index (χ0n) is 17.0. The van der Waals surface area contributed by atoms with Crippen molar-refractivity contribution in [2.24, 2.45) is 11.8 Å². The zero-order chi connectivity index (χ0) is 20.8. The molecule has 0 amide bonds. The van der Waals surface area contributed by atoms with Crippen LogP contribution in [-0.2, 0) is 20.8 Å². The first-order valence-electron chi connectivity index (χ1n) is 9.78. The number of carbonyl (C=O) groups is 3. The highest BCUT2D eigenvalue weighted by Crippen LogP contribution is 2.22. The van der Waals surface area contributed by atoms with Gasteiger partial charge in [0.2, 0.25) is 0 Å². The van der Waals surface area contributed by atoms with Crippen molar-refractivity contribution in [1.29, 1.82) is 0 Å². The second-order valence-electron chi connectivity index (χ2n) is 7.96. The maximum absolute atomic E-state index is 13.0. The number of aromatic amines is 1. The number of aromatic nitrogens is 1. The molecule has 2 atom stereocenters. The molecule has 0 radical (unpaired) electrons. The monoisotopic (exact) mass is 386 g/mol. The van der Waals surface area contributed by atoms with E-state index in [1.165, 1.54) is 0 Å². The van der Waals surface area contributed by atoms with Crippen molar-refractivity contribution < 1.29 is 19.5 Å². The largest absolute Gasteiger partial charge is 0.481 e. The number of hydrogen-bond donors (Lipinski definition) is 3. The van der Waals surface area contributed by atoms with Gasteiger partial charge in [0.1, 0.15) is 5.78 Å². The lowest BCUT2D eigenvalue weighted by Gasteiger charge is -2.23. The molecule has 1 heterocycles. The number of hydrogen-bond acceptors (Lipinski definition) is 4. The van der Waals surface area contributed by atoms with Crippen molar-refractivity contribution in [3.8, 4) is 0 Å². The number of aliphatic carboxylic acids is 1. The Labute approximate surface area is 165 Å². The van der Waals surface area contributed by atoms with E-state index >= 15 is 0 Å². The Morgan fingerprint density at radius 3 is 2.36 bits per heavy atom. The van der Waals surface area contributed by atoms with Gasteiger partial charge < -0.3 is 15.4 Å². The smallest absolute Gasteiger partial charge is 0.304 e. The minimum atomic E-state index is -1.06. The molecule has 2 rings (SSSR count). The molecule has 28 heavy (non-hydrogen) atoms. The molecular weight excluding hydrogens is 356 g/mol. The summed E-state index contributed by atoms with van der Waals surface area (Å²) in [6.07, 6.45) is 2.01. The molecule has 1 aromatic carbocycles. The molecule has 1 aromatic heterocycles. The Kier molecular flexibility index (Phi) is 7.52. The Morgan fingerprint density at radius 2 is 1.75 bits per heavy atom. The summed E-state index contributed by atoms with van der Waals surface area (Å²) in [5.74, 6) is -2.45. The molecule has 0 aliphatic heterocycles. The number of rotatable bonds is 11. The molecular formula is C22H30N2O4. The topological polar surface area (TPSA) is 99.3 Å². The average molecular weight is 386 g/mol. The maximum Gasteiger partial charge on any atom is 0.304 e. The first-order valence-corrected chi connectivity index (χ1v) is 9.78. The van der Waals surface area contributed by atoms with Gasteiger partial charge in [0.05, 0.1) is 12.5 Å². The fourth-order valence-electron chi connectivity index (χ4n) is 3.53. The summed E-state index contributed by atoms with van der Waals surface area (Å²) in [4.78, 5) is 39.9. The third-order valence-corrected chi connectivity index (χ3v) is 4.86. The van der Waals surface area contributed by atoms with Crippen molar-refractivity contribution in [3.63, 3.8) is 0 Å². The lowest BCUT2D eigenvalue weighted by Crippen LogP contribution is -2.43. The first kappa shape index (κ1) is 21.8. The van der Waals surface area contributed by atoms with Gasteiger partial charge in [-0.3, -0.25) is 14.4 Å². The molecule has 2 aromatic rings. The van der Waals surface area contributed by atoms with Gasteiger partial charge in [0.25, 0.3) is 0 Å². The molecule has 0 fully saturated rings. The number of carbonyl (C=O) groups excluding carboxylic acids is 2. The number of nitrogens with one attached hydrogen (secondary N) is 2. The summed E-state index contributed by atoms with van der Waals surface area (Å²) in [6, 6.07) is 7.50. The lowest BCUT2D eigenvalue weighted by molar-refractivity contribution is -0.142. The van der Waals surface area contributed by atoms with Gasteiger partial charge in [-0.25, -0.2) is 0 Å². The van der Waals surface area contributed by atoms with Crippen molar-refractivity contribution in [2.45, 2.75) is 59.0 Å². The molecule has 0 aliphatic carbocycles. The second kappa shape index (κ2) is 9.64. The van der Waals surface area contributed by atoms with Gasteiger partial charge in [0, 0.05) is 41.4 Å².